The Morgan fingerprint density at radius 3 is 3.05 bits per heavy atom. The number of carbonyl (C=O) groups is 1. The van der Waals surface area contributed by atoms with Crippen LogP contribution < -0.4 is 0 Å². The Hall–Kier alpha value is -1.90. The van der Waals surface area contributed by atoms with E-state index in [1.165, 1.54) is 0 Å². The Labute approximate surface area is 118 Å². The standard InChI is InChI=1S/C15H18N2O3/c1-17(13-7-9-20-11-13)15(19)14-6-5-12(10-16-14)4-2-3-8-18/h5-6,10,13,18H,3,7-9,11H2,1H3. The largest absolute Gasteiger partial charge is 0.395 e. The third kappa shape index (κ3) is 3.56. The van der Waals surface area contributed by atoms with Gasteiger partial charge in [-0.25, -0.2) is 4.98 Å². The summed E-state index contributed by atoms with van der Waals surface area (Å²) in [4.78, 5) is 18.1. The lowest BCUT2D eigenvalue weighted by Crippen LogP contribution is -2.37. The number of hydrogen-bond donors (Lipinski definition) is 1. The van der Waals surface area contributed by atoms with E-state index in [2.05, 4.69) is 16.8 Å². The number of ether oxygens (including phenoxy) is 1. The molecule has 5 nitrogen and oxygen atoms in total. The zero-order chi connectivity index (χ0) is 14.4. The Kier molecular flexibility index (Phi) is 5.10. The highest BCUT2D eigenvalue weighted by Crippen LogP contribution is 2.13. The lowest BCUT2D eigenvalue weighted by atomic mass is 10.2. The molecule has 0 aliphatic carbocycles. The van der Waals surface area contributed by atoms with Crippen molar-refractivity contribution in [1.82, 2.24) is 9.88 Å². The van der Waals surface area contributed by atoms with Crippen LogP contribution in [0.4, 0.5) is 0 Å². The number of pyridine rings is 1. The predicted molar refractivity (Wildman–Crippen MR) is 74.1 cm³/mol. The van der Waals surface area contributed by atoms with Crippen LogP contribution in [0.3, 0.4) is 0 Å². The minimum absolute atomic E-state index is 0.0469. The van der Waals surface area contributed by atoms with Crippen LogP contribution in [-0.4, -0.2) is 53.8 Å². The Morgan fingerprint density at radius 2 is 2.45 bits per heavy atom. The molecule has 1 aromatic rings. The van der Waals surface area contributed by atoms with Gasteiger partial charge < -0.3 is 14.7 Å². The Balaban J connectivity index is 2.02. The number of aromatic nitrogens is 1. The van der Waals surface area contributed by atoms with Crippen molar-refractivity contribution in [3.05, 3.63) is 29.6 Å². The van der Waals surface area contributed by atoms with E-state index in [4.69, 9.17) is 9.84 Å². The Morgan fingerprint density at radius 1 is 1.60 bits per heavy atom. The molecule has 0 aromatic carbocycles. The molecule has 0 saturated carbocycles. The molecule has 2 heterocycles. The number of nitrogens with zero attached hydrogens (tertiary/aromatic N) is 2. The monoisotopic (exact) mass is 274 g/mol. The summed E-state index contributed by atoms with van der Waals surface area (Å²) in [6.07, 6.45) is 2.88. The summed E-state index contributed by atoms with van der Waals surface area (Å²) in [5, 5.41) is 8.65. The third-order valence-corrected chi connectivity index (χ3v) is 3.23. The normalized spacial score (nSPS) is 17.4. The number of hydrogen-bond acceptors (Lipinski definition) is 4. The van der Waals surface area contributed by atoms with Crippen molar-refractivity contribution < 1.29 is 14.6 Å². The maximum atomic E-state index is 12.2. The van der Waals surface area contributed by atoms with Gasteiger partial charge >= 0.3 is 0 Å². The van der Waals surface area contributed by atoms with Gasteiger partial charge in [0.1, 0.15) is 5.69 Å². The number of aliphatic hydroxyl groups excluding tert-OH is 1. The molecule has 2 rings (SSSR count). The summed E-state index contributed by atoms with van der Waals surface area (Å²) in [6, 6.07) is 3.58. The first-order valence-electron chi connectivity index (χ1n) is 6.63. The van der Waals surface area contributed by atoms with Crippen molar-refractivity contribution in [2.45, 2.75) is 18.9 Å². The molecule has 20 heavy (non-hydrogen) atoms. The highest BCUT2D eigenvalue weighted by atomic mass is 16.5. The van der Waals surface area contributed by atoms with Crippen LogP contribution in [0.15, 0.2) is 18.3 Å². The van der Waals surface area contributed by atoms with Crippen molar-refractivity contribution in [3.63, 3.8) is 0 Å². The van der Waals surface area contributed by atoms with Crippen molar-refractivity contribution in [2.75, 3.05) is 26.9 Å². The molecule has 1 N–H and O–H groups in total. The molecule has 1 amide bonds. The molecule has 106 valence electrons. The van der Waals surface area contributed by atoms with E-state index >= 15 is 0 Å². The quantitative estimate of drug-likeness (QED) is 0.823. The maximum absolute atomic E-state index is 12.2. The molecule has 0 bridgehead atoms. The van der Waals surface area contributed by atoms with Crippen LogP contribution in [-0.2, 0) is 4.74 Å². The van der Waals surface area contributed by atoms with Crippen LogP contribution in [0.25, 0.3) is 0 Å². The van der Waals surface area contributed by atoms with Crippen LogP contribution in [0, 0.1) is 11.8 Å². The van der Waals surface area contributed by atoms with Crippen molar-refractivity contribution >= 4 is 5.91 Å². The summed E-state index contributed by atoms with van der Waals surface area (Å²) in [5.41, 5.74) is 1.15. The second-order valence-electron chi connectivity index (χ2n) is 4.64. The number of carbonyl (C=O) groups excluding carboxylic acids is 1. The molecular formula is C15H18N2O3. The molecule has 1 aromatic heterocycles. The van der Waals surface area contributed by atoms with Crippen LogP contribution >= 0.6 is 0 Å². The number of aliphatic hydroxyl groups is 1. The molecule has 5 heteroatoms. The molecule has 1 unspecified atom stereocenters. The minimum atomic E-state index is -0.102. The fourth-order valence-electron chi connectivity index (χ4n) is 1.99. The van der Waals surface area contributed by atoms with Gasteiger partial charge in [0.05, 0.1) is 19.3 Å². The molecule has 0 radical (unpaired) electrons. The van der Waals surface area contributed by atoms with E-state index in [0.717, 1.165) is 12.0 Å². The number of likely N-dealkylation sites (N-methyl/N-ethyl adjacent to an activating group) is 1. The molecule has 1 fully saturated rings. The van der Waals surface area contributed by atoms with Crippen molar-refractivity contribution in [3.8, 4) is 11.8 Å². The van der Waals surface area contributed by atoms with Gasteiger partial charge in [-0.05, 0) is 18.6 Å². The van der Waals surface area contributed by atoms with E-state index in [0.29, 0.717) is 25.3 Å². The number of rotatable bonds is 3. The van der Waals surface area contributed by atoms with Crippen molar-refractivity contribution in [2.24, 2.45) is 0 Å². The topological polar surface area (TPSA) is 62.7 Å². The second kappa shape index (κ2) is 7.04. The fraction of sp³-hybridized carbons (Fsp3) is 0.467. The first-order chi connectivity index (χ1) is 9.72. The number of amides is 1. The average molecular weight is 274 g/mol. The third-order valence-electron chi connectivity index (χ3n) is 3.23. The SMILES string of the molecule is CN(C(=O)c1ccc(C#CCCO)cn1)C1CCOC1. The highest BCUT2D eigenvalue weighted by molar-refractivity contribution is 5.92. The first kappa shape index (κ1) is 14.5. The summed E-state index contributed by atoms with van der Waals surface area (Å²) in [7, 11) is 1.78. The van der Waals surface area contributed by atoms with Crippen LogP contribution in [0.1, 0.15) is 28.9 Å². The van der Waals surface area contributed by atoms with Gasteiger partial charge in [-0.1, -0.05) is 11.8 Å². The van der Waals surface area contributed by atoms with Gasteiger partial charge in [0.2, 0.25) is 0 Å². The van der Waals surface area contributed by atoms with E-state index in [9.17, 15) is 4.79 Å². The van der Waals surface area contributed by atoms with Gasteiger partial charge in [0.15, 0.2) is 0 Å². The summed E-state index contributed by atoms with van der Waals surface area (Å²) in [5.74, 6) is 5.59. The zero-order valence-electron chi connectivity index (χ0n) is 11.5. The van der Waals surface area contributed by atoms with Crippen LogP contribution in [0.2, 0.25) is 0 Å². The zero-order valence-corrected chi connectivity index (χ0v) is 11.5. The molecule has 1 saturated heterocycles. The molecular weight excluding hydrogens is 256 g/mol. The predicted octanol–water partition coefficient (Wildman–Crippen LogP) is 0.676. The fourth-order valence-corrected chi connectivity index (χ4v) is 1.99. The van der Waals surface area contributed by atoms with E-state index < -0.39 is 0 Å². The molecule has 1 atom stereocenters. The molecule has 1 aliphatic rings. The average Bonchev–Trinajstić information content (AvgIpc) is 3.01. The lowest BCUT2D eigenvalue weighted by Gasteiger charge is -2.22. The van der Waals surface area contributed by atoms with Gasteiger partial charge in [-0.3, -0.25) is 4.79 Å². The summed E-state index contributed by atoms with van der Waals surface area (Å²) < 4.78 is 5.29. The van der Waals surface area contributed by atoms with E-state index in [-0.39, 0.29) is 18.6 Å². The minimum Gasteiger partial charge on any atom is -0.395 e. The molecule has 0 spiro atoms. The molecule has 1 aliphatic heterocycles. The summed E-state index contributed by atoms with van der Waals surface area (Å²) in [6.45, 7) is 1.34. The first-order valence-corrected chi connectivity index (χ1v) is 6.63. The lowest BCUT2D eigenvalue weighted by molar-refractivity contribution is 0.0705. The smallest absolute Gasteiger partial charge is 0.272 e. The van der Waals surface area contributed by atoms with Crippen molar-refractivity contribution in [1.29, 1.82) is 0 Å². The van der Waals surface area contributed by atoms with Gasteiger partial charge in [0, 0.05) is 31.8 Å². The Bertz CT molecular complexity index is 510. The van der Waals surface area contributed by atoms with E-state index in [1.54, 1.807) is 30.3 Å². The van der Waals surface area contributed by atoms with E-state index in [1.807, 2.05) is 0 Å². The summed E-state index contributed by atoms with van der Waals surface area (Å²) >= 11 is 0. The van der Waals surface area contributed by atoms with Crippen LogP contribution in [0.5, 0.6) is 0 Å². The highest BCUT2D eigenvalue weighted by Gasteiger charge is 2.25. The van der Waals surface area contributed by atoms with Gasteiger partial charge in [-0.2, -0.15) is 0 Å². The second-order valence-corrected chi connectivity index (χ2v) is 4.64. The van der Waals surface area contributed by atoms with Gasteiger partial charge in [0.25, 0.3) is 5.91 Å². The van der Waals surface area contributed by atoms with Gasteiger partial charge in [-0.15, -0.1) is 0 Å². The maximum Gasteiger partial charge on any atom is 0.272 e.